The van der Waals surface area contributed by atoms with E-state index in [1.165, 1.54) is 0 Å². The van der Waals surface area contributed by atoms with Crippen LogP contribution < -0.4 is 21.7 Å². The Balaban J connectivity index is 1.18. The fourth-order valence-electron chi connectivity index (χ4n) is 10.3. The molecule has 308 valence electrons. The molecule has 14 heteroatoms. The third-order valence-electron chi connectivity index (χ3n) is 13.2. The van der Waals surface area contributed by atoms with Crippen molar-refractivity contribution in [2.75, 3.05) is 33.5 Å². The summed E-state index contributed by atoms with van der Waals surface area (Å²) in [6.07, 6.45) is 6.79. The number of ether oxygens (including phenoxy) is 4. The molecular weight excluding hydrogens is 684 g/mol. The summed E-state index contributed by atoms with van der Waals surface area (Å²) in [7, 11) is 1.61. The molecule has 10 N–H and O–H groups in total. The first kappa shape index (κ1) is 43.1. The van der Waals surface area contributed by atoms with Crippen LogP contribution in [0, 0.1) is 23.2 Å². The molecule has 0 spiro atoms. The van der Waals surface area contributed by atoms with Gasteiger partial charge in [-0.25, -0.2) is 0 Å². The molecule has 5 aliphatic rings. The summed E-state index contributed by atoms with van der Waals surface area (Å²) in [5, 5.41) is 62.7. The lowest BCUT2D eigenvalue weighted by Gasteiger charge is -2.49. The molecule has 3 aliphatic heterocycles. The number of hydrogen-bond acceptors (Lipinski definition) is 13. The van der Waals surface area contributed by atoms with E-state index < -0.39 is 48.0 Å². The van der Waals surface area contributed by atoms with Crippen molar-refractivity contribution in [3.63, 3.8) is 0 Å². The van der Waals surface area contributed by atoms with Crippen molar-refractivity contribution in [1.29, 1.82) is 0 Å². The van der Waals surface area contributed by atoms with Gasteiger partial charge < -0.3 is 60.8 Å². The maximum atomic E-state index is 12.3. The molecule has 3 heterocycles. The van der Waals surface area contributed by atoms with E-state index in [-0.39, 0.29) is 62.2 Å². The van der Waals surface area contributed by atoms with Crippen molar-refractivity contribution in [3.05, 3.63) is 0 Å². The van der Waals surface area contributed by atoms with Crippen molar-refractivity contribution in [2.45, 2.75) is 183 Å². The molecular formula is C39H72N4O10. The van der Waals surface area contributed by atoms with Gasteiger partial charge in [0.15, 0.2) is 0 Å². The second-order valence-electron chi connectivity index (χ2n) is 17.5. The highest BCUT2D eigenvalue weighted by molar-refractivity contribution is 5.68. The molecule has 16 atom stereocenters. The van der Waals surface area contributed by atoms with E-state index in [4.69, 9.17) is 24.7 Å². The number of carbonyl (C=O) groups is 1. The van der Waals surface area contributed by atoms with Crippen LogP contribution in [0.5, 0.6) is 0 Å². The lowest BCUT2D eigenvalue weighted by atomic mass is 9.64. The topological polar surface area (TPSA) is 217 Å². The summed E-state index contributed by atoms with van der Waals surface area (Å²) >= 11 is 0. The molecule has 2 aliphatic carbocycles. The van der Waals surface area contributed by atoms with Crippen LogP contribution in [0.25, 0.3) is 0 Å². The maximum absolute atomic E-state index is 12.3. The molecule has 5 fully saturated rings. The summed E-state index contributed by atoms with van der Waals surface area (Å²) in [5.74, 6) is -0.0740. The number of carboxylic acid groups (broad SMARTS) is 1. The van der Waals surface area contributed by atoms with E-state index in [1.807, 2.05) is 0 Å². The van der Waals surface area contributed by atoms with E-state index in [0.717, 1.165) is 64.3 Å². The first-order valence-electron chi connectivity index (χ1n) is 20.6. The van der Waals surface area contributed by atoms with Crippen molar-refractivity contribution in [1.82, 2.24) is 16.0 Å². The Hall–Kier alpha value is -1.01. The first-order chi connectivity index (χ1) is 25.3. The largest absolute Gasteiger partial charge is 0.481 e. The highest BCUT2D eigenvalue weighted by Gasteiger charge is 2.48. The number of piperidine rings is 2. The van der Waals surface area contributed by atoms with Crippen molar-refractivity contribution >= 4 is 5.97 Å². The third-order valence-corrected chi connectivity index (χ3v) is 13.2. The zero-order valence-electron chi connectivity index (χ0n) is 32.4. The van der Waals surface area contributed by atoms with Crippen molar-refractivity contribution < 1.29 is 49.3 Å². The summed E-state index contributed by atoms with van der Waals surface area (Å²) in [4.78, 5) is 12.3. The monoisotopic (exact) mass is 757 g/mol. The van der Waals surface area contributed by atoms with Crippen LogP contribution in [-0.2, 0) is 23.7 Å². The molecule has 0 aromatic heterocycles. The molecule has 3 saturated heterocycles. The number of carboxylic acids is 1. The molecule has 0 radical (unpaired) electrons. The molecule has 2 saturated carbocycles. The standard InChI is InChI=1S/C39H72N4O10/c1-23-8-10-39(19-37(47)48,18-26-9-11-42-36(40)13-26)35(43-23)21-51-34-15-27(14-33(50-3)38(34)49)31-17-28(45)16-29(53-31)6-4-25-5-7-30(46)32(12-25)52-22-41-20-24(2)44/h23-36,38,41-46,49H,4-22,40H2,1-3H3,(H,47,48)/t23-,24+,25?,26?,27?,28+,29+,30?,31-,32?,33?,34?,35-,36?,38?,39-/m1/s1. The number of aliphatic hydroxyl groups is 4. The van der Waals surface area contributed by atoms with Gasteiger partial charge in [-0.05, 0) is 133 Å². The Labute approximate surface area is 316 Å². The Morgan fingerprint density at radius 2 is 1.77 bits per heavy atom. The molecule has 9 unspecified atom stereocenters. The van der Waals surface area contributed by atoms with Gasteiger partial charge >= 0.3 is 5.97 Å². The predicted octanol–water partition coefficient (Wildman–Crippen LogP) is 1.60. The lowest BCUT2D eigenvalue weighted by Crippen LogP contribution is -2.59. The minimum Gasteiger partial charge on any atom is -0.481 e. The molecule has 0 aromatic rings. The van der Waals surface area contributed by atoms with Crippen LogP contribution in [0.15, 0.2) is 0 Å². The Morgan fingerprint density at radius 1 is 0.981 bits per heavy atom. The van der Waals surface area contributed by atoms with Gasteiger partial charge in [0.2, 0.25) is 0 Å². The number of hydrogen-bond donors (Lipinski definition) is 9. The third kappa shape index (κ3) is 12.5. The van der Waals surface area contributed by atoms with Crippen LogP contribution in [-0.4, -0.2) is 138 Å². The Bertz CT molecular complexity index is 1110. The van der Waals surface area contributed by atoms with Gasteiger partial charge in [-0.1, -0.05) is 0 Å². The minimum absolute atomic E-state index is 0.0146. The predicted molar refractivity (Wildman–Crippen MR) is 199 cm³/mol. The summed E-state index contributed by atoms with van der Waals surface area (Å²) in [6, 6.07) is 0.0334. The highest BCUT2D eigenvalue weighted by atomic mass is 16.5. The fourth-order valence-corrected chi connectivity index (χ4v) is 10.3. The van der Waals surface area contributed by atoms with E-state index in [1.54, 1.807) is 14.0 Å². The summed E-state index contributed by atoms with van der Waals surface area (Å²) in [6.45, 7) is 5.69. The van der Waals surface area contributed by atoms with E-state index >= 15 is 0 Å². The normalized spacial score (nSPS) is 43.3. The van der Waals surface area contributed by atoms with Crippen LogP contribution >= 0.6 is 0 Å². The van der Waals surface area contributed by atoms with Gasteiger partial charge in [0, 0.05) is 25.7 Å². The van der Waals surface area contributed by atoms with Crippen molar-refractivity contribution in [2.24, 2.45) is 28.9 Å². The number of aliphatic hydroxyl groups excluding tert-OH is 4. The average Bonchev–Trinajstić information content (AvgIpc) is 3.10. The van der Waals surface area contributed by atoms with Crippen LogP contribution in [0.4, 0.5) is 0 Å². The lowest BCUT2D eigenvalue weighted by molar-refractivity contribution is -0.181. The van der Waals surface area contributed by atoms with E-state index in [2.05, 4.69) is 22.9 Å². The number of nitrogens with one attached hydrogen (secondary N) is 3. The van der Waals surface area contributed by atoms with Gasteiger partial charge in [-0.3, -0.25) is 10.1 Å². The fraction of sp³-hybridized carbons (Fsp3) is 0.974. The second kappa shape index (κ2) is 20.4. The molecule has 14 nitrogen and oxygen atoms in total. The second-order valence-corrected chi connectivity index (χ2v) is 17.5. The summed E-state index contributed by atoms with van der Waals surface area (Å²) < 4.78 is 25.1. The van der Waals surface area contributed by atoms with Crippen LogP contribution in [0.3, 0.4) is 0 Å². The Morgan fingerprint density at radius 3 is 2.51 bits per heavy atom. The quantitative estimate of drug-likeness (QED) is 0.0762. The zero-order valence-corrected chi connectivity index (χ0v) is 32.4. The molecule has 0 aromatic carbocycles. The number of nitrogens with two attached hydrogens (primary N) is 1. The van der Waals surface area contributed by atoms with Gasteiger partial charge in [0.1, 0.15) is 6.10 Å². The average molecular weight is 757 g/mol. The van der Waals surface area contributed by atoms with E-state index in [9.17, 15) is 30.3 Å². The SMILES string of the molecule is COC1CC([C@H]2C[C@@H](O)C[C@H](CCC3CCC(O)C(OCNC[C@H](C)O)C3)O2)CC(OC[C@H]2N[C@H](C)CC[C@]2(CC(=O)O)CC2CCNC(N)C2)C1O. The van der Waals surface area contributed by atoms with E-state index in [0.29, 0.717) is 50.5 Å². The summed E-state index contributed by atoms with van der Waals surface area (Å²) in [5.41, 5.74) is 5.77. The Kier molecular flexibility index (Phi) is 16.6. The maximum Gasteiger partial charge on any atom is 0.303 e. The van der Waals surface area contributed by atoms with Gasteiger partial charge in [-0.15, -0.1) is 0 Å². The van der Waals surface area contributed by atoms with Gasteiger partial charge in [0.05, 0.1) is 74.8 Å². The van der Waals surface area contributed by atoms with Crippen LogP contribution in [0.1, 0.15) is 110 Å². The smallest absolute Gasteiger partial charge is 0.303 e. The minimum atomic E-state index is -0.836. The number of aliphatic carboxylic acids is 1. The molecule has 5 rings (SSSR count). The highest BCUT2D eigenvalue weighted by Crippen LogP contribution is 2.45. The first-order valence-corrected chi connectivity index (χ1v) is 20.6. The van der Waals surface area contributed by atoms with Gasteiger partial charge in [0.25, 0.3) is 0 Å². The number of rotatable bonds is 17. The molecule has 0 bridgehead atoms. The van der Waals surface area contributed by atoms with Crippen LogP contribution in [0.2, 0.25) is 0 Å². The zero-order chi connectivity index (χ0) is 38.1. The molecule has 0 amide bonds. The molecule has 53 heavy (non-hydrogen) atoms. The van der Waals surface area contributed by atoms with Crippen molar-refractivity contribution in [3.8, 4) is 0 Å². The number of methoxy groups -OCH3 is 1. The van der Waals surface area contributed by atoms with Gasteiger partial charge in [-0.2, -0.15) is 0 Å².